The van der Waals surface area contributed by atoms with E-state index < -0.39 is 0 Å². The molecule has 5 heteroatoms. The molecule has 0 aromatic rings. The molecule has 0 heterocycles. The molecule has 0 rings (SSSR count). The third-order valence-electron chi connectivity index (χ3n) is 1.79. The largest absolute Gasteiger partial charge is 0.469 e. The van der Waals surface area contributed by atoms with Gasteiger partial charge in [0.05, 0.1) is 13.5 Å². The van der Waals surface area contributed by atoms with E-state index in [4.69, 9.17) is 0 Å². The van der Waals surface area contributed by atoms with Crippen LogP contribution in [0.15, 0.2) is 0 Å². The van der Waals surface area contributed by atoms with Gasteiger partial charge < -0.3 is 15.0 Å². The zero-order valence-electron chi connectivity index (χ0n) is 9.00. The van der Waals surface area contributed by atoms with Crippen LogP contribution in [0.1, 0.15) is 13.3 Å². The lowest BCUT2D eigenvalue weighted by Gasteiger charge is -2.15. The Morgan fingerprint density at radius 3 is 2.50 bits per heavy atom. The number of rotatable bonds is 6. The Kier molecular flexibility index (Phi) is 6.74. The van der Waals surface area contributed by atoms with Crippen molar-refractivity contribution in [3.8, 4) is 0 Å². The van der Waals surface area contributed by atoms with Gasteiger partial charge in [0.25, 0.3) is 0 Å². The number of hydrogen-bond acceptors (Lipinski definition) is 4. The van der Waals surface area contributed by atoms with Crippen molar-refractivity contribution in [3.05, 3.63) is 0 Å². The third-order valence-corrected chi connectivity index (χ3v) is 1.79. The fraction of sp³-hybridized carbons (Fsp3) is 0.778. The zero-order valence-corrected chi connectivity index (χ0v) is 9.00. The van der Waals surface area contributed by atoms with E-state index in [1.807, 2.05) is 11.9 Å². The number of likely N-dealkylation sites (N-methyl/N-ethyl adjacent to an activating group) is 1. The number of nitrogens with one attached hydrogen (secondary N) is 1. The van der Waals surface area contributed by atoms with E-state index in [9.17, 15) is 9.59 Å². The van der Waals surface area contributed by atoms with Crippen molar-refractivity contribution >= 4 is 11.9 Å². The van der Waals surface area contributed by atoms with Gasteiger partial charge in [-0.05, 0) is 7.05 Å². The topological polar surface area (TPSA) is 58.6 Å². The van der Waals surface area contributed by atoms with Crippen molar-refractivity contribution in [2.24, 2.45) is 0 Å². The number of esters is 1. The summed E-state index contributed by atoms with van der Waals surface area (Å²) in [6.07, 6.45) is 0.382. The molecule has 0 saturated heterocycles. The quantitative estimate of drug-likeness (QED) is 0.596. The fourth-order valence-corrected chi connectivity index (χ4v) is 0.919. The minimum atomic E-state index is -0.212. The minimum Gasteiger partial charge on any atom is -0.469 e. The van der Waals surface area contributed by atoms with Gasteiger partial charge in [0, 0.05) is 26.6 Å². The second-order valence-electron chi connectivity index (χ2n) is 3.11. The van der Waals surface area contributed by atoms with Crippen LogP contribution >= 0.6 is 0 Å². The zero-order chi connectivity index (χ0) is 11.0. The molecular weight excluding hydrogens is 184 g/mol. The number of nitrogens with zero attached hydrogens (tertiary/aromatic N) is 1. The molecule has 0 fully saturated rings. The van der Waals surface area contributed by atoms with E-state index in [1.54, 1.807) is 0 Å². The maximum absolute atomic E-state index is 10.8. The number of ether oxygens (including phenoxy) is 1. The SMILES string of the molecule is COC(=O)CCN(C)CCNC(C)=O. The molecule has 0 unspecified atom stereocenters. The van der Waals surface area contributed by atoms with Crippen LogP contribution in [-0.2, 0) is 14.3 Å². The molecule has 0 radical (unpaired) electrons. The van der Waals surface area contributed by atoms with Gasteiger partial charge in [0.2, 0.25) is 5.91 Å². The van der Waals surface area contributed by atoms with E-state index in [2.05, 4.69) is 10.1 Å². The molecule has 0 aliphatic rings. The summed E-state index contributed by atoms with van der Waals surface area (Å²) >= 11 is 0. The summed E-state index contributed by atoms with van der Waals surface area (Å²) < 4.78 is 4.51. The Morgan fingerprint density at radius 1 is 1.36 bits per heavy atom. The van der Waals surface area contributed by atoms with E-state index in [0.29, 0.717) is 19.5 Å². The third kappa shape index (κ3) is 7.54. The van der Waals surface area contributed by atoms with E-state index in [1.165, 1.54) is 14.0 Å². The Hall–Kier alpha value is -1.10. The summed E-state index contributed by atoms with van der Waals surface area (Å²) in [5, 5.41) is 2.68. The average Bonchev–Trinajstić information content (AvgIpc) is 2.13. The summed E-state index contributed by atoms with van der Waals surface area (Å²) in [5.74, 6) is -0.247. The molecule has 0 atom stereocenters. The predicted molar refractivity (Wildman–Crippen MR) is 52.8 cm³/mol. The van der Waals surface area contributed by atoms with Gasteiger partial charge in [-0.1, -0.05) is 0 Å². The van der Waals surface area contributed by atoms with E-state index in [0.717, 1.165) is 6.54 Å². The van der Waals surface area contributed by atoms with Crippen LogP contribution in [0.25, 0.3) is 0 Å². The standard InChI is InChI=1S/C9H18N2O3/c1-8(12)10-5-7-11(2)6-4-9(13)14-3/h4-7H2,1-3H3,(H,10,12). The molecule has 0 aliphatic carbocycles. The van der Waals surface area contributed by atoms with Crippen molar-refractivity contribution in [2.45, 2.75) is 13.3 Å². The molecule has 5 nitrogen and oxygen atoms in total. The smallest absolute Gasteiger partial charge is 0.306 e. The van der Waals surface area contributed by atoms with Crippen LogP contribution in [0.2, 0.25) is 0 Å². The van der Waals surface area contributed by atoms with Gasteiger partial charge in [-0.25, -0.2) is 0 Å². The molecule has 0 spiro atoms. The number of carbonyl (C=O) groups is 2. The van der Waals surface area contributed by atoms with Crippen LogP contribution in [0, 0.1) is 0 Å². The van der Waals surface area contributed by atoms with Gasteiger partial charge in [-0.2, -0.15) is 0 Å². The van der Waals surface area contributed by atoms with Crippen molar-refractivity contribution in [1.29, 1.82) is 0 Å². The molecule has 1 N–H and O–H groups in total. The van der Waals surface area contributed by atoms with Gasteiger partial charge in [-0.15, -0.1) is 0 Å². The first-order valence-corrected chi connectivity index (χ1v) is 4.56. The summed E-state index contributed by atoms with van der Waals surface area (Å²) in [6.45, 7) is 3.46. The summed E-state index contributed by atoms with van der Waals surface area (Å²) in [5.41, 5.74) is 0. The molecule has 0 bridgehead atoms. The molecule has 0 saturated carbocycles. The highest BCUT2D eigenvalue weighted by molar-refractivity contribution is 5.72. The highest BCUT2D eigenvalue weighted by atomic mass is 16.5. The average molecular weight is 202 g/mol. The van der Waals surface area contributed by atoms with Crippen LogP contribution in [0.3, 0.4) is 0 Å². The maximum atomic E-state index is 10.8. The molecule has 0 aliphatic heterocycles. The number of amides is 1. The van der Waals surface area contributed by atoms with Crippen molar-refractivity contribution < 1.29 is 14.3 Å². The number of carbonyl (C=O) groups excluding carboxylic acids is 2. The monoisotopic (exact) mass is 202 g/mol. The first kappa shape index (κ1) is 12.9. The molecule has 1 amide bonds. The van der Waals surface area contributed by atoms with Gasteiger partial charge in [-0.3, -0.25) is 9.59 Å². The van der Waals surface area contributed by atoms with Gasteiger partial charge >= 0.3 is 5.97 Å². The second kappa shape index (κ2) is 7.32. The molecule has 14 heavy (non-hydrogen) atoms. The molecule has 0 aromatic carbocycles. The first-order valence-electron chi connectivity index (χ1n) is 4.56. The minimum absolute atomic E-state index is 0.0358. The van der Waals surface area contributed by atoms with E-state index >= 15 is 0 Å². The van der Waals surface area contributed by atoms with Crippen LogP contribution in [0.4, 0.5) is 0 Å². The molecule has 82 valence electrons. The van der Waals surface area contributed by atoms with Crippen molar-refractivity contribution in [1.82, 2.24) is 10.2 Å². The van der Waals surface area contributed by atoms with Crippen LogP contribution in [-0.4, -0.2) is 50.6 Å². The Morgan fingerprint density at radius 2 is 2.00 bits per heavy atom. The summed E-state index contributed by atoms with van der Waals surface area (Å²) in [6, 6.07) is 0. The lowest BCUT2D eigenvalue weighted by Crippen LogP contribution is -2.32. The number of methoxy groups -OCH3 is 1. The predicted octanol–water partition coefficient (Wildman–Crippen LogP) is -0.383. The maximum Gasteiger partial charge on any atom is 0.306 e. The van der Waals surface area contributed by atoms with Gasteiger partial charge in [0.1, 0.15) is 0 Å². The Labute approximate surface area is 84.4 Å². The van der Waals surface area contributed by atoms with Crippen LogP contribution in [0.5, 0.6) is 0 Å². The summed E-state index contributed by atoms with van der Waals surface area (Å²) in [4.78, 5) is 23.3. The highest BCUT2D eigenvalue weighted by Crippen LogP contribution is 1.88. The lowest BCUT2D eigenvalue weighted by atomic mass is 10.4. The van der Waals surface area contributed by atoms with Crippen molar-refractivity contribution in [3.63, 3.8) is 0 Å². The fourth-order valence-electron chi connectivity index (χ4n) is 0.919. The highest BCUT2D eigenvalue weighted by Gasteiger charge is 2.03. The molecule has 0 aromatic heterocycles. The second-order valence-corrected chi connectivity index (χ2v) is 3.11. The summed E-state index contributed by atoms with van der Waals surface area (Å²) in [7, 11) is 3.27. The van der Waals surface area contributed by atoms with Crippen molar-refractivity contribution in [2.75, 3.05) is 33.8 Å². The number of hydrogen-bond donors (Lipinski definition) is 1. The van der Waals surface area contributed by atoms with Gasteiger partial charge in [0.15, 0.2) is 0 Å². The Balaban J connectivity index is 3.41. The lowest BCUT2D eigenvalue weighted by molar-refractivity contribution is -0.141. The normalized spacial score (nSPS) is 10.0. The first-order chi connectivity index (χ1) is 6.56. The molecular formula is C9H18N2O3. The Bertz CT molecular complexity index is 194. The van der Waals surface area contributed by atoms with E-state index in [-0.39, 0.29) is 11.9 Å². The van der Waals surface area contributed by atoms with Crippen LogP contribution < -0.4 is 5.32 Å².